The molecule has 0 bridgehead atoms. The summed E-state index contributed by atoms with van der Waals surface area (Å²) in [6.07, 6.45) is 3.90. The van der Waals surface area contributed by atoms with Crippen LogP contribution in [0.25, 0.3) is 0 Å². The third kappa shape index (κ3) is 3.49. The molecule has 0 aliphatic heterocycles. The van der Waals surface area contributed by atoms with Gasteiger partial charge in [0, 0.05) is 6.04 Å². The fourth-order valence-electron chi connectivity index (χ4n) is 2.25. The molecule has 0 aromatic heterocycles. The van der Waals surface area contributed by atoms with Gasteiger partial charge >= 0.3 is 0 Å². The van der Waals surface area contributed by atoms with Crippen LogP contribution < -0.4 is 10.1 Å². The molecule has 1 unspecified atom stereocenters. The summed E-state index contributed by atoms with van der Waals surface area (Å²) >= 11 is 0. The van der Waals surface area contributed by atoms with Crippen LogP contribution in [0.15, 0.2) is 18.2 Å². The van der Waals surface area contributed by atoms with Gasteiger partial charge in [-0.15, -0.1) is 0 Å². The summed E-state index contributed by atoms with van der Waals surface area (Å²) in [5, 5.41) is 3.61. The van der Waals surface area contributed by atoms with E-state index in [1.807, 2.05) is 0 Å². The summed E-state index contributed by atoms with van der Waals surface area (Å²) in [5.41, 5.74) is 2.57. The Bertz CT molecular complexity index is 385. The van der Waals surface area contributed by atoms with Crippen molar-refractivity contribution in [3.05, 3.63) is 29.3 Å². The molecule has 0 radical (unpaired) electrons. The summed E-state index contributed by atoms with van der Waals surface area (Å²) in [4.78, 5) is 0. The first-order chi connectivity index (χ1) is 8.72. The Kier molecular flexibility index (Phi) is 4.65. The van der Waals surface area contributed by atoms with E-state index in [-0.39, 0.29) is 0 Å². The lowest BCUT2D eigenvalue weighted by Crippen LogP contribution is -2.37. The average molecular weight is 247 g/mol. The highest BCUT2D eigenvalue weighted by atomic mass is 16.5. The smallest absolute Gasteiger partial charge is 0.122 e. The quantitative estimate of drug-likeness (QED) is 0.796. The minimum absolute atomic E-state index is 0.532. The van der Waals surface area contributed by atoms with Crippen LogP contribution >= 0.6 is 0 Å². The zero-order chi connectivity index (χ0) is 13.0. The lowest BCUT2D eigenvalue weighted by atomic mass is 10.1. The van der Waals surface area contributed by atoms with E-state index < -0.39 is 0 Å². The second-order valence-corrected chi connectivity index (χ2v) is 5.41. The van der Waals surface area contributed by atoms with Crippen molar-refractivity contribution in [2.75, 3.05) is 13.2 Å². The van der Waals surface area contributed by atoms with E-state index in [9.17, 15) is 0 Å². The van der Waals surface area contributed by atoms with E-state index >= 15 is 0 Å². The van der Waals surface area contributed by atoms with Crippen molar-refractivity contribution >= 4 is 0 Å². The van der Waals surface area contributed by atoms with Crippen LogP contribution in [0.3, 0.4) is 0 Å². The van der Waals surface area contributed by atoms with Crippen LogP contribution in [0.5, 0.6) is 5.75 Å². The summed E-state index contributed by atoms with van der Waals surface area (Å²) in [6, 6.07) is 6.82. The van der Waals surface area contributed by atoms with Gasteiger partial charge in [0.1, 0.15) is 12.4 Å². The molecule has 1 saturated carbocycles. The summed E-state index contributed by atoms with van der Waals surface area (Å²) < 4.78 is 6.02. The zero-order valence-corrected chi connectivity index (χ0v) is 11.8. The minimum Gasteiger partial charge on any atom is -0.492 e. The molecule has 2 rings (SSSR count). The second-order valence-electron chi connectivity index (χ2n) is 5.41. The average Bonchev–Trinajstić information content (AvgIpc) is 3.18. The minimum atomic E-state index is 0.532. The van der Waals surface area contributed by atoms with Crippen molar-refractivity contribution in [3.63, 3.8) is 0 Å². The fourth-order valence-corrected chi connectivity index (χ4v) is 2.25. The maximum atomic E-state index is 6.02. The molecule has 1 fully saturated rings. The van der Waals surface area contributed by atoms with Gasteiger partial charge in [0.05, 0.1) is 0 Å². The third-order valence-electron chi connectivity index (χ3n) is 3.82. The predicted octanol–water partition coefficient (Wildman–Crippen LogP) is 3.46. The molecule has 1 aromatic carbocycles. The molecule has 2 nitrogen and oxygen atoms in total. The van der Waals surface area contributed by atoms with Gasteiger partial charge in [0.25, 0.3) is 0 Å². The van der Waals surface area contributed by atoms with Gasteiger partial charge in [-0.1, -0.05) is 19.1 Å². The van der Waals surface area contributed by atoms with Crippen molar-refractivity contribution in [3.8, 4) is 5.75 Å². The molecule has 1 aliphatic rings. The Hall–Kier alpha value is -1.02. The Balaban J connectivity index is 1.90. The third-order valence-corrected chi connectivity index (χ3v) is 3.82. The Morgan fingerprint density at radius 1 is 1.33 bits per heavy atom. The molecule has 2 heteroatoms. The molecule has 0 saturated heterocycles. The number of aryl methyl sites for hydroxylation is 1. The van der Waals surface area contributed by atoms with Gasteiger partial charge in [-0.05, 0) is 62.8 Å². The highest BCUT2D eigenvalue weighted by Crippen LogP contribution is 2.33. The summed E-state index contributed by atoms with van der Waals surface area (Å²) in [5.74, 6) is 1.88. The van der Waals surface area contributed by atoms with E-state index in [1.54, 1.807) is 0 Å². The topological polar surface area (TPSA) is 21.3 Å². The number of hydrogen-bond acceptors (Lipinski definition) is 2. The number of benzene rings is 1. The highest BCUT2D eigenvalue weighted by molar-refractivity contribution is 5.38. The first kappa shape index (κ1) is 13.4. The Morgan fingerprint density at radius 2 is 2.11 bits per heavy atom. The van der Waals surface area contributed by atoms with Crippen LogP contribution in [0.4, 0.5) is 0 Å². The molecule has 1 N–H and O–H groups in total. The van der Waals surface area contributed by atoms with Crippen LogP contribution in [0.1, 0.15) is 37.3 Å². The largest absolute Gasteiger partial charge is 0.492 e. The maximum absolute atomic E-state index is 6.02. The first-order valence-electron chi connectivity index (χ1n) is 7.14. The van der Waals surface area contributed by atoms with Crippen molar-refractivity contribution in [2.45, 2.75) is 46.1 Å². The molecule has 1 aliphatic carbocycles. The Labute approximate surface area is 111 Å². The van der Waals surface area contributed by atoms with Crippen molar-refractivity contribution < 1.29 is 4.74 Å². The number of rotatable bonds is 7. The molecular formula is C16H25NO. The van der Waals surface area contributed by atoms with Gasteiger partial charge < -0.3 is 10.1 Å². The van der Waals surface area contributed by atoms with E-state index in [4.69, 9.17) is 4.74 Å². The maximum Gasteiger partial charge on any atom is 0.122 e. The van der Waals surface area contributed by atoms with Crippen molar-refractivity contribution in [2.24, 2.45) is 5.92 Å². The number of nitrogens with one attached hydrogen (secondary N) is 1. The second kappa shape index (κ2) is 6.24. The standard InChI is InChI=1S/C16H25NO/c1-4-10-17-15(14-8-9-14)11-18-16-7-5-6-12(2)13(16)3/h5-7,14-15,17H,4,8-11H2,1-3H3. The zero-order valence-electron chi connectivity index (χ0n) is 11.8. The molecule has 18 heavy (non-hydrogen) atoms. The van der Waals surface area contributed by atoms with Crippen LogP contribution in [-0.4, -0.2) is 19.2 Å². The van der Waals surface area contributed by atoms with Gasteiger partial charge in [0.2, 0.25) is 0 Å². The first-order valence-corrected chi connectivity index (χ1v) is 7.14. The van der Waals surface area contributed by atoms with Crippen molar-refractivity contribution in [1.82, 2.24) is 5.32 Å². The lowest BCUT2D eigenvalue weighted by molar-refractivity contribution is 0.248. The normalized spacial score (nSPS) is 16.6. The monoisotopic (exact) mass is 247 g/mol. The predicted molar refractivity (Wildman–Crippen MR) is 76.2 cm³/mol. The molecule has 0 heterocycles. The SMILES string of the molecule is CCCNC(COc1cccc(C)c1C)C1CC1. The van der Waals surface area contributed by atoms with Gasteiger partial charge in [-0.25, -0.2) is 0 Å². The van der Waals surface area contributed by atoms with E-state index in [0.29, 0.717) is 6.04 Å². The molecule has 0 amide bonds. The molecule has 1 aromatic rings. The van der Waals surface area contributed by atoms with Crippen LogP contribution in [0, 0.1) is 19.8 Å². The van der Waals surface area contributed by atoms with Crippen molar-refractivity contribution in [1.29, 1.82) is 0 Å². The van der Waals surface area contributed by atoms with Crippen LogP contribution in [0.2, 0.25) is 0 Å². The summed E-state index contributed by atoms with van der Waals surface area (Å²) in [6.45, 7) is 8.38. The van der Waals surface area contributed by atoms with E-state index in [1.165, 1.54) is 30.4 Å². The van der Waals surface area contributed by atoms with Gasteiger partial charge in [-0.2, -0.15) is 0 Å². The van der Waals surface area contributed by atoms with E-state index in [0.717, 1.165) is 24.8 Å². The molecule has 0 spiro atoms. The highest BCUT2D eigenvalue weighted by Gasteiger charge is 2.31. The van der Waals surface area contributed by atoms with Gasteiger partial charge in [0.15, 0.2) is 0 Å². The molecule has 1 atom stereocenters. The lowest BCUT2D eigenvalue weighted by Gasteiger charge is -2.19. The van der Waals surface area contributed by atoms with Crippen LogP contribution in [-0.2, 0) is 0 Å². The molecular weight excluding hydrogens is 222 g/mol. The van der Waals surface area contributed by atoms with Gasteiger partial charge in [-0.3, -0.25) is 0 Å². The number of hydrogen-bond donors (Lipinski definition) is 1. The molecule has 100 valence electrons. The fraction of sp³-hybridized carbons (Fsp3) is 0.625. The Morgan fingerprint density at radius 3 is 2.78 bits per heavy atom. The summed E-state index contributed by atoms with van der Waals surface area (Å²) in [7, 11) is 0. The number of ether oxygens (including phenoxy) is 1. The van der Waals surface area contributed by atoms with E-state index in [2.05, 4.69) is 44.3 Å².